The van der Waals surface area contributed by atoms with Gasteiger partial charge in [-0.3, -0.25) is 0 Å². The molecule has 226 valence electrons. The highest BCUT2D eigenvalue weighted by Crippen LogP contribution is 2.45. The molecule has 0 aliphatic rings. The Morgan fingerprint density at radius 3 is 1.37 bits per heavy atom. The number of para-hydroxylation sites is 5. The van der Waals surface area contributed by atoms with Gasteiger partial charge in [0, 0.05) is 38.0 Å². The Hall–Kier alpha value is -7.08. The fourth-order valence-electron chi connectivity index (χ4n) is 7.94. The van der Waals surface area contributed by atoms with Gasteiger partial charge in [-0.1, -0.05) is 91.0 Å². The normalized spacial score (nSPS) is 11.6. The summed E-state index contributed by atoms with van der Waals surface area (Å²) >= 11 is 0. The molecule has 10 aromatic rings. The molecule has 0 bridgehead atoms. The maximum absolute atomic E-state index is 10.4. The van der Waals surface area contributed by atoms with Crippen LogP contribution < -0.4 is 0 Å². The van der Waals surface area contributed by atoms with E-state index < -0.39 is 0 Å². The third-order valence-corrected chi connectivity index (χ3v) is 9.86. The first-order chi connectivity index (χ1) is 24.3. The van der Waals surface area contributed by atoms with Crippen molar-refractivity contribution < 1.29 is 0 Å². The fourth-order valence-corrected chi connectivity index (χ4v) is 7.94. The lowest BCUT2D eigenvalue weighted by Gasteiger charge is -2.17. The van der Waals surface area contributed by atoms with Gasteiger partial charge in [0.15, 0.2) is 0 Å². The van der Waals surface area contributed by atoms with E-state index in [1.54, 1.807) is 0 Å². The molecule has 0 spiro atoms. The number of aromatic nitrogens is 3. The number of nitrogens with zero attached hydrogens (tertiary/aromatic N) is 5. The summed E-state index contributed by atoms with van der Waals surface area (Å²) in [5.41, 5.74) is 9.65. The smallest absolute Gasteiger partial charge is 0.234 e. The van der Waals surface area contributed by atoms with Gasteiger partial charge >= 0.3 is 0 Å². The van der Waals surface area contributed by atoms with Crippen molar-refractivity contribution in [3.05, 3.63) is 169 Å². The lowest BCUT2D eigenvalue weighted by Crippen LogP contribution is -2.01. The minimum atomic E-state index is 0.486. The average molecular weight is 624 g/mol. The van der Waals surface area contributed by atoms with Crippen LogP contribution in [0.3, 0.4) is 0 Å². The number of fused-ring (bicyclic) bond motifs is 10. The third kappa shape index (κ3) is 3.67. The average Bonchev–Trinajstić information content (AvgIpc) is 3.80. The van der Waals surface area contributed by atoms with Crippen molar-refractivity contribution in [3.63, 3.8) is 0 Å². The van der Waals surface area contributed by atoms with E-state index in [4.69, 9.17) is 6.57 Å². The molecular formula is C44H25N5. The van der Waals surface area contributed by atoms with E-state index in [2.05, 4.69) is 128 Å². The lowest BCUT2D eigenvalue weighted by molar-refractivity contribution is 1.14. The van der Waals surface area contributed by atoms with Crippen LogP contribution in [-0.2, 0) is 0 Å². The SMILES string of the molecule is [C-]#[N+]c1c(-n2c3ccccc3c3ccccc32)cc(C#N)cc1-n1c2ccccc2c2c3c4ccccc4n(-c4ccccc4)c3ccc21. The molecule has 0 amide bonds. The first kappa shape index (κ1) is 27.1. The number of hydrogen-bond acceptors (Lipinski definition) is 1. The minimum Gasteiger partial charge on any atom is -0.319 e. The van der Waals surface area contributed by atoms with Gasteiger partial charge in [0.2, 0.25) is 5.69 Å². The zero-order valence-corrected chi connectivity index (χ0v) is 26.2. The van der Waals surface area contributed by atoms with Crippen LogP contribution in [0.4, 0.5) is 5.69 Å². The Morgan fingerprint density at radius 1 is 0.449 bits per heavy atom. The fraction of sp³-hybridized carbons (Fsp3) is 0. The van der Waals surface area contributed by atoms with Crippen molar-refractivity contribution in [1.29, 1.82) is 5.26 Å². The van der Waals surface area contributed by atoms with Gasteiger partial charge in [-0.05, 0) is 60.7 Å². The van der Waals surface area contributed by atoms with Crippen LogP contribution in [0.15, 0.2) is 152 Å². The van der Waals surface area contributed by atoms with E-state index >= 15 is 0 Å². The van der Waals surface area contributed by atoms with Gasteiger partial charge in [-0.2, -0.15) is 5.26 Å². The molecule has 10 rings (SSSR count). The molecule has 49 heavy (non-hydrogen) atoms. The molecular weight excluding hydrogens is 599 g/mol. The molecule has 7 aromatic carbocycles. The third-order valence-electron chi connectivity index (χ3n) is 9.86. The summed E-state index contributed by atoms with van der Waals surface area (Å²) in [4.78, 5) is 4.24. The molecule has 5 heteroatoms. The largest absolute Gasteiger partial charge is 0.319 e. The molecule has 0 unspecified atom stereocenters. The van der Waals surface area contributed by atoms with Gasteiger partial charge < -0.3 is 13.7 Å². The van der Waals surface area contributed by atoms with Crippen LogP contribution in [0.2, 0.25) is 0 Å². The molecule has 0 N–H and O–H groups in total. The van der Waals surface area contributed by atoms with Crippen LogP contribution >= 0.6 is 0 Å². The summed E-state index contributed by atoms with van der Waals surface area (Å²) in [7, 11) is 0. The van der Waals surface area contributed by atoms with Crippen molar-refractivity contribution in [2.45, 2.75) is 0 Å². The highest BCUT2D eigenvalue weighted by atomic mass is 15.1. The van der Waals surface area contributed by atoms with E-state index in [1.807, 2.05) is 48.5 Å². The van der Waals surface area contributed by atoms with E-state index in [1.165, 1.54) is 0 Å². The Morgan fingerprint density at radius 2 is 0.857 bits per heavy atom. The van der Waals surface area contributed by atoms with Crippen LogP contribution in [0, 0.1) is 17.9 Å². The first-order valence-electron chi connectivity index (χ1n) is 16.2. The van der Waals surface area contributed by atoms with E-state index in [9.17, 15) is 5.26 Å². The van der Waals surface area contributed by atoms with Crippen LogP contribution in [0.5, 0.6) is 0 Å². The number of rotatable bonds is 3. The van der Waals surface area contributed by atoms with Gasteiger partial charge in [0.1, 0.15) is 0 Å². The summed E-state index contributed by atoms with van der Waals surface area (Å²) in [5, 5.41) is 17.2. The van der Waals surface area contributed by atoms with Gasteiger partial charge in [-0.15, -0.1) is 0 Å². The Labute approximate surface area is 281 Å². The van der Waals surface area contributed by atoms with E-state index in [-0.39, 0.29) is 0 Å². The van der Waals surface area contributed by atoms with E-state index in [0.717, 1.165) is 71.1 Å². The first-order valence-corrected chi connectivity index (χ1v) is 16.2. The van der Waals surface area contributed by atoms with Crippen molar-refractivity contribution in [1.82, 2.24) is 13.7 Å². The molecule has 3 heterocycles. The zero-order valence-electron chi connectivity index (χ0n) is 26.2. The predicted octanol–water partition coefficient (Wildman–Crippen LogP) is 11.4. The second-order valence-corrected chi connectivity index (χ2v) is 12.4. The Balaban J connectivity index is 1.37. The summed E-state index contributed by atoms with van der Waals surface area (Å²) in [6.07, 6.45) is 0. The van der Waals surface area contributed by atoms with Crippen molar-refractivity contribution in [2.75, 3.05) is 0 Å². The molecule has 0 saturated heterocycles. The van der Waals surface area contributed by atoms with Crippen molar-refractivity contribution in [3.8, 4) is 23.1 Å². The van der Waals surface area contributed by atoms with Gasteiger partial charge in [0.05, 0.1) is 62.7 Å². The zero-order chi connectivity index (χ0) is 32.6. The summed E-state index contributed by atoms with van der Waals surface area (Å²) in [5.74, 6) is 0. The van der Waals surface area contributed by atoms with Crippen LogP contribution in [0.25, 0.3) is 87.3 Å². The molecule has 0 fully saturated rings. The molecule has 0 atom stereocenters. The number of nitriles is 1. The second kappa shape index (κ2) is 10.2. The quantitative estimate of drug-likeness (QED) is 0.181. The highest BCUT2D eigenvalue weighted by Gasteiger charge is 2.24. The molecule has 0 aliphatic heterocycles. The summed E-state index contributed by atoms with van der Waals surface area (Å²) in [6, 6.07) is 54.5. The van der Waals surface area contributed by atoms with Crippen molar-refractivity contribution >= 4 is 71.1 Å². The Kier molecular flexibility index (Phi) is 5.64. The van der Waals surface area contributed by atoms with Gasteiger partial charge in [0.25, 0.3) is 0 Å². The standard InChI is InChI=1S/C44H25N5/c1-46-44-40(48-34-19-9-5-15-30(34)31-16-6-10-20-35(31)48)25-28(27-45)26-41(44)49-37-22-12-8-18-33(37)43-39(49)24-23-38-42(43)32-17-7-11-21-36(32)47(38)29-13-3-2-4-14-29/h2-26H. The van der Waals surface area contributed by atoms with Crippen LogP contribution in [-0.4, -0.2) is 13.7 Å². The predicted molar refractivity (Wildman–Crippen MR) is 200 cm³/mol. The lowest BCUT2D eigenvalue weighted by atomic mass is 10.1. The highest BCUT2D eigenvalue weighted by molar-refractivity contribution is 6.29. The maximum atomic E-state index is 10.4. The molecule has 3 aromatic heterocycles. The minimum absolute atomic E-state index is 0.486. The maximum Gasteiger partial charge on any atom is 0.234 e. The number of benzene rings is 7. The molecule has 0 saturated carbocycles. The molecule has 0 aliphatic carbocycles. The molecule has 5 nitrogen and oxygen atoms in total. The summed E-state index contributed by atoms with van der Waals surface area (Å²) in [6.45, 7) is 8.64. The van der Waals surface area contributed by atoms with Crippen molar-refractivity contribution in [2.24, 2.45) is 0 Å². The summed E-state index contributed by atoms with van der Waals surface area (Å²) < 4.78 is 6.66. The van der Waals surface area contributed by atoms with Crippen LogP contribution in [0.1, 0.15) is 5.56 Å². The van der Waals surface area contributed by atoms with Gasteiger partial charge in [-0.25, -0.2) is 4.85 Å². The van der Waals surface area contributed by atoms with E-state index in [0.29, 0.717) is 22.6 Å². The Bertz CT molecular complexity index is 3020. The monoisotopic (exact) mass is 623 g/mol. The number of hydrogen-bond donors (Lipinski definition) is 0. The second-order valence-electron chi connectivity index (χ2n) is 12.4. The topological polar surface area (TPSA) is 42.9 Å². The molecule has 0 radical (unpaired) electrons.